The van der Waals surface area contributed by atoms with Gasteiger partial charge in [-0.1, -0.05) is 0 Å². The lowest BCUT2D eigenvalue weighted by molar-refractivity contribution is -0.121. The Morgan fingerprint density at radius 2 is 2.11 bits per heavy atom. The molecule has 0 aliphatic rings. The van der Waals surface area contributed by atoms with E-state index < -0.39 is 5.91 Å². The Balaban J connectivity index is 2.35. The van der Waals surface area contributed by atoms with E-state index in [1.165, 1.54) is 6.20 Å². The van der Waals surface area contributed by atoms with Crippen LogP contribution in [0.5, 0.6) is 0 Å². The third-order valence-electron chi connectivity index (χ3n) is 2.16. The molecule has 1 aromatic rings. The van der Waals surface area contributed by atoms with Crippen molar-refractivity contribution in [3.8, 4) is 0 Å². The molecule has 0 bridgehead atoms. The van der Waals surface area contributed by atoms with Crippen LogP contribution in [-0.2, 0) is 4.79 Å². The van der Waals surface area contributed by atoms with Crippen molar-refractivity contribution in [3.63, 3.8) is 0 Å². The largest absolute Gasteiger partial charge is 0.370 e. The molecule has 1 rings (SSSR count). The Morgan fingerprint density at radius 3 is 2.61 bits per heavy atom. The predicted octanol–water partition coefficient (Wildman–Crippen LogP) is 0.507. The van der Waals surface area contributed by atoms with E-state index in [1.54, 1.807) is 12.1 Å². The minimum Gasteiger partial charge on any atom is -0.370 e. The van der Waals surface area contributed by atoms with Crippen LogP contribution in [0, 0.1) is 0 Å². The number of primary amides is 1. The third-order valence-corrected chi connectivity index (χ3v) is 2.16. The van der Waals surface area contributed by atoms with Gasteiger partial charge in [0.1, 0.15) is 5.82 Å². The molecule has 0 saturated carbocycles. The molecule has 1 heterocycles. The van der Waals surface area contributed by atoms with E-state index in [0.29, 0.717) is 24.3 Å². The summed E-state index contributed by atoms with van der Waals surface area (Å²) in [6.07, 6.45) is 1.77. The van der Waals surface area contributed by atoms with E-state index in [2.05, 4.69) is 15.6 Å². The van der Waals surface area contributed by atoms with E-state index >= 15 is 0 Å². The second-order valence-electron chi connectivity index (χ2n) is 4.20. The lowest BCUT2D eigenvalue weighted by Gasteiger charge is -2.09. The number of nitrogens with two attached hydrogens (primary N) is 1. The first-order chi connectivity index (χ1) is 8.49. The molecular formula is C12H18N4O2. The van der Waals surface area contributed by atoms with Gasteiger partial charge in [0.15, 0.2) is 0 Å². The monoisotopic (exact) mass is 250 g/mol. The highest BCUT2D eigenvalue weighted by Crippen LogP contribution is 2.04. The van der Waals surface area contributed by atoms with Gasteiger partial charge in [-0.25, -0.2) is 4.98 Å². The molecule has 18 heavy (non-hydrogen) atoms. The smallest absolute Gasteiger partial charge is 0.250 e. The van der Waals surface area contributed by atoms with Crippen molar-refractivity contribution in [1.29, 1.82) is 0 Å². The second-order valence-corrected chi connectivity index (χ2v) is 4.20. The van der Waals surface area contributed by atoms with Crippen molar-refractivity contribution in [2.45, 2.75) is 26.3 Å². The highest BCUT2D eigenvalue weighted by molar-refractivity contribution is 5.92. The minimum atomic E-state index is -0.509. The predicted molar refractivity (Wildman–Crippen MR) is 69.1 cm³/mol. The standard InChI is InChI=1S/C12H18N4O2/c1-8(2)16-11(17)5-6-14-10-4-3-9(7-15-10)12(13)18/h3-4,7-8H,5-6H2,1-2H3,(H2,13,18)(H,14,15)(H,16,17). The lowest BCUT2D eigenvalue weighted by Crippen LogP contribution is -2.31. The summed E-state index contributed by atoms with van der Waals surface area (Å²) in [6, 6.07) is 3.39. The van der Waals surface area contributed by atoms with E-state index in [4.69, 9.17) is 5.73 Å². The van der Waals surface area contributed by atoms with Crippen molar-refractivity contribution in [1.82, 2.24) is 10.3 Å². The van der Waals surface area contributed by atoms with E-state index in [-0.39, 0.29) is 11.9 Å². The highest BCUT2D eigenvalue weighted by atomic mass is 16.2. The van der Waals surface area contributed by atoms with Crippen molar-refractivity contribution >= 4 is 17.6 Å². The van der Waals surface area contributed by atoms with Crippen LogP contribution in [0.15, 0.2) is 18.3 Å². The molecule has 1 aromatic heterocycles. The number of hydrogen-bond acceptors (Lipinski definition) is 4. The van der Waals surface area contributed by atoms with Crippen LogP contribution in [0.1, 0.15) is 30.6 Å². The first-order valence-electron chi connectivity index (χ1n) is 5.78. The van der Waals surface area contributed by atoms with Crippen LogP contribution >= 0.6 is 0 Å². The summed E-state index contributed by atoms with van der Waals surface area (Å²) in [7, 11) is 0. The van der Waals surface area contributed by atoms with Gasteiger partial charge in [-0.15, -0.1) is 0 Å². The first kappa shape index (κ1) is 14.0. The second kappa shape index (κ2) is 6.58. The van der Waals surface area contributed by atoms with Gasteiger partial charge in [-0.3, -0.25) is 9.59 Å². The SMILES string of the molecule is CC(C)NC(=O)CCNc1ccc(C(N)=O)cn1. The lowest BCUT2D eigenvalue weighted by atomic mass is 10.2. The molecule has 98 valence electrons. The maximum absolute atomic E-state index is 11.4. The van der Waals surface area contributed by atoms with Crippen LogP contribution in [0.25, 0.3) is 0 Å². The Morgan fingerprint density at radius 1 is 1.39 bits per heavy atom. The molecule has 6 heteroatoms. The Kier molecular flexibility index (Phi) is 5.10. The van der Waals surface area contributed by atoms with E-state index in [9.17, 15) is 9.59 Å². The maximum atomic E-state index is 11.4. The van der Waals surface area contributed by atoms with Gasteiger partial charge in [0, 0.05) is 25.2 Å². The Hall–Kier alpha value is -2.11. The molecule has 0 atom stereocenters. The molecule has 0 aliphatic carbocycles. The quantitative estimate of drug-likeness (QED) is 0.685. The minimum absolute atomic E-state index is 0.00810. The van der Waals surface area contributed by atoms with Crippen LogP contribution in [-0.4, -0.2) is 29.4 Å². The average Bonchev–Trinajstić information content (AvgIpc) is 2.28. The maximum Gasteiger partial charge on any atom is 0.250 e. The summed E-state index contributed by atoms with van der Waals surface area (Å²) in [6.45, 7) is 4.31. The van der Waals surface area contributed by atoms with Crippen molar-refractivity contribution < 1.29 is 9.59 Å². The summed E-state index contributed by atoms with van der Waals surface area (Å²) in [5.74, 6) is 0.0916. The van der Waals surface area contributed by atoms with Gasteiger partial charge in [0.05, 0.1) is 5.56 Å². The fourth-order valence-electron chi connectivity index (χ4n) is 1.34. The molecule has 0 radical (unpaired) electrons. The number of anilines is 1. The third kappa shape index (κ3) is 4.82. The number of hydrogen-bond donors (Lipinski definition) is 3. The summed E-state index contributed by atoms with van der Waals surface area (Å²) in [5.41, 5.74) is 5.46. The molecule has 0 aromatic carbocycles. The summed E-state index contributed by atoms with van der Waals surface area (Å²) < 4.78 is 0. The zero-order chi connectivity index (χ0) is 13.5. The number of aromatic nitrogens is 1. The number of nitrogens with zero attached hydrogens (tertiary/aromatic N) is 1. The van der Waals surface area contributed by atoms with Crippen LogP contribution < -0.4 is 16.4 Å². The zero-order valence-electron chi connectivity index (χ0n) is 10.6. The number of rotatable bonds is 6. The van der Waals surface area contributed by atoms with E-state index in [0.717, 1.165) is 0 Å². The van der Waals surface area contributed by atoms with Crippen LogP contribution in [0.2, 0.25) is 0 Å². The summed E-state index contributed by atoms with van der Waals surface area (Å²) >= 11 is 0. The van der Waals surface area contributed by atoms with Gasteiger partial charge >= 0.3 is 0 Å². The van der Waals surface area contributed by atoms with E-state index in [1.807, 2.05) is 13.8 Å². The Labute approximate surface area is 106 Å². The normalized spacial score (nSPS) is 10.2. The van der Waals surface area contributed by atoms with Gasteiger partial charge < -0.3 is 16.4 Å². The molecule has 6 nitrogen and oxygen atoms in total. The zero-order valence-corrected chi connectivity index (χ0v) is 10.6. The van der Waals surface area contributed by atoms with Crippen molar-refractivity contribution in [2.24, 2.45) is 5.73 Å². The molecule has 4 N–H and O–H groups in total. The molecule has 0 spiro atoms. The van der Waals surface area contributed by atoms with Gasteiger partial charge in [0.25, 0.3) is 0 Å². The van der Waals surface area contributed by atoms with Gasteiger partial charge in [-0.2, -0.15) is 0 Å². The van der Waals surface area contributed by atoms with Crippen LogP contribution in [0.4, 0.5) is 5.82 Å². The molecular weight excluding hydrogens is 232 g/mol. The topological polar surface area (TPSA) is 97.1 Å². The van der Waals surface area contributed by atoms with Gasteiger partial charge in [0.2, 0.25) is 11.8 Å². The average molecular weight is 250 g/mol. The Bertz CT molecular complexity index is 415. The summed E-state index contributed by atoms with van der Waals surface area (Å²) in [5, 5.41) is 5.78. The molecule has 0 aliphatic heterocycles. The number of amides is 2. The number of carbonyl (C=O) groups is 2. The molecule has 0 saturated heterocycles. The summed E-state index contributed by atoms with van der Waals surface area (Å²) in [4.78, 5) is 26.2. The number of pyridine rings is 1. The highest BCUT2D eigenvalue weighted by Gasteiger charge is 2.04. The fraction of sp³-hybridized carbons (Fsp3) is 0.417. The van der Waals surface area contributed by atoms with Crippen LogP contribution in [0.3, 0.4) is 0 Å². The van der Waals surface area contributed by atoms with Crippen molar-refractivity contribution in [3.05, 3.63) is 23.9 Å². The number of nitrogens with one attached hydrogen (secondary N) is 2. The van der Waals surface area contributed by atoms with Crippen molar-refractivity contribution in [2.75, 3.05) is 11.9 Å². The fourth-order valence-corrected chi connectivity index (χ4v) is 1.34. The molecule has 0 unspecified atom stereocenters. The molecule has 2 amide bonds. The van der Waals surface area contributed by atoms with Gasteiger partial charge in [-0.05, 0) is 26.0 Å². The molecule has 0 fully saturated rings. The first-order valence-corrected chi connectivity index (χ1v) is 5.78. The number of carbonyl (C=O) groups excluding carboxylic acids is 2.